The largest absolute Gasteiger partial charge is 0.501 e. The van der Waals surface area contributed by atoms with Crippen molar-refractivity contribution in [1.82, 2.24) is 30.1 Å². The third-order valence-electron chi connectivity index (χ3n) is 21.0. The molecule has 9 rings (SSSR count). The number of Topliss-reactive ketones (excluding diaryl/α,β-unsaturated/α-hetero) is 2. The molecular weight excluding hydrogens is 1440 g/mol. The first-order valence-corrected chi connectivity index (χ1v) is 41.6. The monoisotopic (exact) mass is 1550 g/mol. The van der Waals surface area contributed by atoms with E-state index in [4.69, 9.17) is 0 Å². The first kappa shape index (κ1) is 83.2. The summed E-state index contributed by atoms with van der Waals surface area (Å²) in [6.45, 7) is 22.4. The minimum absolute atomic E-state index is 0.0560. The lowest BCUT2D eigenvalue weighted by atomic mass is 9.73. The number of hydrogen-bond donors (Lipinski definition) is 5. The van der Waals surface area contributed by atoms with E-state index in [0.29, 0.717) is 96.8 Å². The topological polar surface area (TPSA) is 245 Å². The van der Waals surface area contributed by atoms with Gasteiger partial charge in [-0.2, -0.15) is 13.2 Å². The summed E-state index contributed by atoms with van der Waals surface area (Å²) in [5, 5.41) is 19.9. The lowest BCUT2D eigenvalue weighted by Gasteiger charge is -2.39. The van der Waals surface area contributed by atoms with Crippen LogP contribution in [-0.4, -0.2) is 160 Å². The number of aliphatic hydroxyl groups excluding tert-OH is 1. The Morgan fingerprint density at radius 1 is 0.811 bits per heavy atom. The maximum Gasteiger partial charge on any atom is 0.501 e. The Labute approximate surface area is 630 Å². The molecule has 3 heterocycles. The number of benzene rings is 4. The fraction of sp³-hybridized carbons (Fsp3) is 0.544. The average molecular weight is 1550 g/mol. The lowest BCUT2D eigenvalue weighted by molar-refractivity contribution is -0.136. The van der Waals surface area contributed by atoms with Gasteiger partial charge < -0.3 is 30.9 Å². The number of thiazole rings is 1. The van der Waals surface area contributed by atoms with Crippen molar-refractivity contribution in [3.05, 3.63) is 143 Å². The predicted molar refractivity (Wildman–Crippen MR) is 407 cm³/mol. The predicted octanol–water partition coefficient (Wildman–Crippen LogP) is 14.5. The zero-order valence-electron chi connectivity index (χ0n) is 61.8. The molecule has 7 atom stereocenters. The zero-order chi connectivity index (χ0) is 76.9. The van der Waals surface area contributed by atoms with Gasteiger partial charge in [0.25, 0.3) is 32.2 Å². The standard InChI is InChI=1S/C79H103F5N8O10S4/c1-51(75(80)81)20-21-57-46-78(7,8)35-32-58(57)47-91-38-40-92(41-39-91)61-28-26-56(27-29-61)76(98)89-106(101,102)64-30-31-67(69(45-64)105(99,100)79(82,83)84)86-60(49-103-63-16-12-11-13-17-63)34-37-90-36-33-59(48-90)87-70(95)18-14-9-10-15-19-71(96)88-74(77(4,5)6)72(97)66-44-62(93)43-65(66)68(94)42-52(2)54-22-24-55(25-23-54)73-53(3)85-50-104-73/h11-13,16-17,22-31,45,50,52,59-60,62,65-66,74-75,86,93H,1,9-10,14-15,18-21,32-44,46-49H2,2-8H3,(H,87,95)(H,88,96)(H,89,98)/t52-,59-,60-,62-,65-,66?,74-/m1/s1. The Balaban J connectivity index is 0.731. The Morgan fingerprint density at radius 3 is 2.12 bits per heavy atom. The highest BCUT2D eigenvalue weighted by molar-refractivity contribution is 7.99. The van der Waals surface area contributed by atoms with E-state index >= 15 is 0 Å². The average Bonchev–Trinajstić information content (AvgIpc) is 0.948. The molecule has 1 saturated carbocycles. The van der Waals surface area contributed by atoms with E-state index in [1.165, 1.54) is 35.0 Å². The van der Waals surface area contributed by atoms with Gasteiger partial charge in [-0.15, -0.1) is 23.1 Å². The number of sulfonamides is 1. The number of nitrogens with one attached hydrogen (secondary N) is 4. The number of aromatic nitrogens is 1. The quantitative estimate of drug-likeness (QED) is 0.0110. The molecule has 27 heteroatoms. The van der Waals surface area contributed by atoms with Crippen LogP contribution in [-0.2, 0) is 39.0 Å². The van der Waals surface area contributed by atoms with Crippen LogP contribution in [0.2, 0.25) is 0 Å². The van der Waals surface area contributed by atoms with Crippen LogP contribution in [0.25, 0.3) is 10.4 Å². The Morgan fingerprint density at radius 2 is 1.48 bits per heavy atom. The number of alkyl halides is 5. The normalized spacial score (nSPS) is 19.9. The van der Waals surface area contributed by atoms with Crippen LogP contribution in [0.5, 0.6) is 0 Å². The van der Waals surface area contributed by atoms with Gasteiger partial charge in [0.15, 0.2) is 5.78 Å². The summed E-state index contributed by atoms with van der Waals surface area (Å²) in [5.41, 5.74) is 1.04. The van der Waals surface area contributed by atoms with Crippen molar-refractivity contribution < 1.29 is 67.9 Å². The van der Waals surface area contributed by atoms with Gasteiger partial charge in [0, 0.05) is 117 Å². The van der Waals surface area contributed by atoms with E-state index in [9.17, 15) is 67.9 Å². The molecular formula is C79H103F5N8O10S4. The first-order valence-electron chi connectivity index (χ1n) is 36.8. The van der Waals surface area contributed by atoms with Crippen LogP contribution in [0.4, 0.5) is 33.3 Å². The van der Waals surface area contributed by atoms with E-state index in [1.807, 2.05) is 99.4 Å². The molecule has 5 N–H and O–H groups in total. The number of anilines is 2. The number of halogens is 5. The van der Waals surface area contributed by atoms with Gasteiger partial charge in [-0.1, -0.05) is 115 Å². The molecule has 0 bridgehead atoms. The van der Waals surface area contributed by atoms with E-state index in [-0.39, 0.29) is 96.2 Å². The molecule has 4 aliphatic rings. The Kier molecular flexibility index (Phi) is 28.7. The van der Waals surface area contributed by atoms with Crippen LogP contribution in [0.15, 0.2) is 141 Å². The second-order valence-electron chi connectivity index (χ2n) is 30.9. The second kappa shape index (κ2) is 36.6. The highest BCUT2D eigenvalue weighted by atomic mass is 32.2. The highest BCUT2D eigenvalue weighted by Gasteiger charge is 2.49. The molecule has 0 radical (unpaired) electrons. The molecule has 0 spiro atoms. The number of thioether (sulfide) groups is 1. The van der Waals surface area contributed by atoms with Gasteiger partial charge in [0.05, 0.1) is 38.8 Å². The summed E-state index contributed by atoms with van der Waals surface area (Å²) in [7, 11) is -11.2. The molecule has 3 fully saturated rings. The number of sulfone groups is 1. The number of allylic oxidation sites excluding steroid dienone is 2. The zero-order valence-corrected chi connectivity index (χ0v) is 65.0. The number of unbranched alkanes of at least 4 members (excludes halogenated alkanes) is 3. The van der Waals surface area contributed by atoms with Gasteiger partial charge in [-0.05, 0) is 166 Å². The van der Waals surface area contributed by atoms with Crippen LogP contribution in [0.1, 0.15) is 172 Å². The van der Waals surface area contributed by atoms with Crippen molar-refractivity contribution in [2.75, 3.05) is 68.3 Å². The van der Waals surface area contributed by atoms with Crippen molar-refractivity contribution in [1.29, 1.82) is 0 Å². The van der Waals surface area contributed by atoms with Crippen molar-refractivity contribution in [3.63, 3.8) is 0 Å². The summed E-state index contributed by atoms with van der Waals surface area (Å²) >= 11 is 2.95. The molecule has 1 unspecified atom stereocenters. The summed E-state index contributed by atoms with van der Waals surface area (Å²) in [6, 6.07) is 24.0. The summed E-state index contributed by atoms with van der Waals surface area (Å²) < 4.78 is 127. The molecule has 2 saturated heterocycles. The smallest absolute Gasteiger partial charge is 0.393 e. The maximum atomic E-state index is 14.6. The van der Waals surface area contributed by atoms with Crippen LogP contribution >= 0.6 is 23.1 Å². The fourth-order valence-electron chi connectivity index (χ4n) is 14.8. The van der Waals surface area contributed by atoms with Crippen molar-refractivity contribution in [3.8, 4) is 10.4 Å². The number of carbonyl (C=O) groups is 5. The van der Waals surface area contributed by atoms with Crippen molar-refractivity contribution in [2.45, 2.75) is 208 Å². The third-order valence-corrected chi connectivity index (χ3v) is 26.0. The molecule has 3 amide bonds. The number of piperazine rings is 1. The number of ketones is 2. The molecule has 2 aliphatic carbocycles. The lowest BCUT2D eigenvalue weighted by Crippen LogP contribution is -2.52. The van der Waals surface area contributed by atoms with E-state index in [0.717, 1.165) is 70.2 Å². The number of hydrogen-bond acceptors (Lipinski definition) is 17. The van der Waals surface area contributed by atoms with Gasteiger partial charge in [-0.3, -0.25) is 28.9 Å². The van der Waals surface area contributed by atoms with Gasteiger partial charge in [-0.25, -0.2) is 35.3 Å². The molecule has 1 aromatic heterocycles. The van der Waals surface area contributed by atoms with Crippen molar-refractivity contribution >= 4 is 83.6 Å². The van der Waals surface area contributed by atoms with Crippen LogP contribution in [0, 0.1) is 29.6 Å². The maximum absolute atomic E-state index is 14.6. The van der Waals surface area contributed by atoms with E-state index < -0.39 is 88.6 Å². The number of carbonyl (C=O) groups excluding carboxylic acids is 5. The summed E-state index contributed by atoms with van der Waals surface area (Å²) in [4.78, 5) is 79.2. The van der Waals surface area contributed by atoms with Gasteiger partial charge in [0.1, 0.15) is 10.7 Å². The Hall–Kier alpha value is -6.88. The van der Waals surface area contributed by atoms with Gasteiger partial charge >= 0.3 is 5.51 Å². The minimum atomic E-state index is -6.19. The van der Waals surface area contributed by atoms with E-state index in [2.05, 4.69) is 56.1 Å². The first-order chi connectivity index (χ1) is 50.0. The number of aliphatic hydroxyl groups is 1. The third kappa shape index (κ3) is 22.9. The number of rotatable bonds is 35. The molecule has 18 nitrogen and oxygen atoms in total. The number of amides is 3. The number of aryl methyl sites for hydroxylation is 1. The summed E-state index contributed by atoms with van der Waals surface area (Å²) in [5.74, 6) is -3.14. The number of likely N-dealkylation sites (tertiary alicyclic amines) is 1. The fourth-order valence-corrected chi connectivity index (χ4v) is 18.6. The van der Waals surface area contributed by atoms with Crippen molar-refractivity contribution in [2.24, 2.45) is 22.7 Å². The highest BCUT2D eigenvalue weighted by Crippen LogP contribution is 2.43. The Bertz CT molecular complexity index is 4140. The van der Waals surface area contributed by atoms with Crippen LogP contribution in [0.3, 0.4) is 0 Å². The molecule has 5 aromatic rings. The van der Waals surface area contributed by atoms with Gasteiger partial charge in [0.2, 0.25) is 11.8 Å². The second-order valence-corrected chi connectivity index (χ2v) is 36.5. The molecule has 106 heavy (non-hydrogen) atoms. The van der Waals surface area contributed by atoms with E-state index in [1.54, 1.807) is 23.5 Å². The number of nitrogens with zero attached hydrogens (tertiary/aromatic N) is 4. The SMILES string of the molecule is C=C(CCC1=C(CN2CCN(c3ccc(C(=O)NS(=O)(=O)c4ccc(N[C@H](CCN5CC[C@@H](NC(=O)CCCCCCC(=O)N[C@H](C(=O)C6C[C@H](O)C[C@H]6C(=O)C[C@@H](C)c6ccc(-c7scnc7C)cc6)C(C)(C)C)C5)CSc5ccccc5)c(S(=O)(=O)C(F)(F)F)c4)cc3)CC2)CCC(C)(C)C1)C(F)F. The molecule has 578 valence electrons. The van der Waals surface area contributed by atoms with Crippen LogP contribution < -0.4 is 25.6 Å². The minimum Gasteiger partial charge on any atom is -0.393 e. The molecule has 2 aliphatic heterocycles. The molecule has 4 aromatic carbocycles. The summed E-state index contributed by atoms with van der Waals surface area (Å²) in [6.07, 6.45) is 4.47.